The van der Waals surface area contributed by atoms with Crippen molar-refractivity contribution in [2.75, 3.05) is 18.4 Å². The number of amides is 2. The van der Waals surface area contributed by atoms with Crippen molar-refractivity contribution in [3.63, 3.8) is 0 Å². The number of benzene rings is 2. The Morgan fingerprint density at radius 3 is 2.52 bits per heavy atom. The predicted molar refractivity (Wildman–Crippen MR) is 115 cm³/mol. The predicted octanol–water partition coefficient (Wildman–Crippen LogP) is 3.74. The highest BCUT2D eigenvalue weighted by Gasteiger charge is 2.35. The molecule has 2 aliphatic heterocycles. The van der Waals surface area contributed by atoms with Crippen LogP contribution in [-0.2, 0) is 11.3 Å². The van der Waals surface area contributed by atoms with E-state index in [0.29, 0.717) is 30.1 Å². The molecule has 0 bridgehead atoms. The standard InChI is InChI=1S/C24H29N3O2/c1-17-7-9-21-20(15-17)24(29)27(16-19-5-3-2-4-6-19)22(23(28)26-21)10-8-18-11-13-25-14-12-18/h2-7,9,15,18,22,25H,8,10-14,16H2,1H3,(H,26,28). The van der Waals surface area contributed by atoms with Crippen LogP contribution in [0.2, 0.25) is 0 Å². The zero-order valence-electron chi connectivity index (χ0n) is 17.0. The number of carbonyl (C=O) groups is 2. The number of piperidine rings is 1. The fraction of sp³-hybridized carbons (Fsp3) is 0.417. The van der Waals surface area contributed by atoms with Crippen LogP contribution >= 0.6 is 0 Å². The van der Waals surface area contributed by atoms with Crippen LogP contribution in [0.1, 0.15) is 47.2 Å². The third-order valence-corrected chi connectivity index (χ3v) is 6.11. The first-order chi connectivity index (χ1) is 14.1. The van der Waals surface area contributed by atoms with Gasteiger partial charge in [0.15, 0.2) is 0 Å². The summed E-state index contributed by atoms with van der Waals surface area (Å²) in [6, 6.07) is 15.1. The Labute approximate surface area is 172 Å². The SMILES string of the molecule is Cc1ccc2c(c1)C(=O)N(Cc1ccccc1)C(CCC1CCNCC1)C(=O)N2. The Hall–Kier alpha value is -2.66. The van der Waals surface area contributed by atoms with Gasteiger partial charge in [0.25, 0.3) is 5.91 Å². The van der Waals surface area contributed by atoms with Crippen LogP contribution < -0.4 is 10.6 Å². The highest BCUT2D eigenvalue weighted by Crippen LogP contribution is 2.29. The monoisotopic (exact) mass is 391 g/mol. The number of hydrogen-bond acceptors (Lipinski definition) is 3. The second-order valence-electron chi connectivity index (χ2n) is 8.24. The zero-order chi connectivity index (χ0) is 20.2. The van der Waals surface area contributed by atoms with Gasteiger partial charge in [0.1, 0.15) is 6.04 Å². The molecule has 5 nitrogen and oxygen atoms in total. The first kappa shape index (κ1) is 19.6. The van der Waals surface area contributed by atoms with E-state index < -0.39 is 6.04 Å². The Balaban J connectivity index is 1.62. The fourth-order valence-corrected chi connectivity index (χ4v) is 4.41. The van der Waals surface area contributed by atoms with Gasteiger partial charge in [-0.3, -0.25) is 9.59 Å². The van der Waals surface area contributed by atoms with Crippen LogP contribution in [0.25, 0.3) is 0 Å². The molecule has 1 atom stereocenters. The van der Waals surface area contributed by atoms with E-state index >= 15 is 0 Å². The first-order valence-electron chi connectivity index (χ1n) is 10.6. The van der Waals surface area contributed by atoms with Crippen LogP contribution in [0.3, 0.4) is 0 Å². The maximum Gasteiger partial charge on any atom is 0.256 e. The van der Waals surface area contributed by atoms with Gasteiger partial charge in [0, 0.05) is 6.54 Å². The molecule has 1 unspecified atom stereocenters. The average molecular weight is 392 g/mol. The van der Waals surface area contributed by atoms with Crippen molar-refractivity contribution in [1.82, 2.24) is 10.2 Å². The van der Waals surface area contributed by atoms with Gasteiger partial charge < -0.3 is 15.5 Å². The maximum absolute atomic E-state index is 13.5. The van der Waals surface area contributed by atoms with Crippen molar-refractivity contribution >= 4 is 17.5 Å². The van der Waals surface area contributed by atoms with Crippen molar-refractivity contribution in [3.8, 4) is 0 Å². The Bertz CT molecular complexity index is 875. The summed E-state index contributed by atoms with van der Waals surface area (Å²) in [6.07, 6.45) is 3.94. The van der Waals surface area contributed by atoms with Crippen molar-refractivity contribution in [3.05, 3.63) is 65.2 Å². The summed E-state index contributed by atoms with van der Waals surface area (Å²) < 4.78 is 0. The fourth-order valence-electron chi connectivity index (χ4n) is 4.41. The topological polar surface area (TPSA) is 61.4 Å². The summed E-state index contributed by atoms with van der Waals surface area (Å²) in [6.45, 7) is 4.49. The third-order valence-electron chi connectivity index (χ3n) is 6.11. The number of nitrogens with one attached hydrogen (secondary N) is 2. The van der Waals surface area contributed by atoms with Gasteiger partial charge in [-0.25, -0.2) is 0 Å². The van der Waals surface area contributed by atoms with Gasteiger partial charge in [-0.15, -0.1) is 0 Å². The van der Waals surface area contributed by atoms with E-state index in [9.17, 15) is 9.59 Å². The summed E-state index contributed by atoms with van der Waals surface area (Å²) >= 11 is 0. The molecule has 2 N–H and O–H groups in total. The summed E-state index contributed by atoms with van der Waals surface area (Å²) in [5, 5.41) is 6.41. The van der Waals surface area contributed by atoms with Crippen LogP contribution in [0.4, 0.5) is 5.69 Å². The van der Waals surface area contributed by atoms with Crippen molar-refractivity contribution in [2.24, 2.45) is 5.92 Å². The zero-order valence-corrected chi connectivity index (χ0v) is 17.0. The molecule has 1 fully saturated rings. The van der Waals surface area contributed by atoms with Gasteiger partial charge in [-0.05, 0) is 69.3 Å². The summed E-state index contributed by atoms with van der Waals surface area (Å²) in [7, 11) is 0. The molecule has 0 aliphatic carbocycles. The van der Waals surface area contributed by atoms with E-state index in [1.165, 1.54) is 0 Å². The lowest BCUT2D eigenvalue weighted by atomic mass is 9.91. The molecule has 152 valence electrons. The molecule has 2 aliphatic rings. The highest BCUT2D eigenvalue weighted by molar-refractivity contribution is 6.09. The number of anilines is 1. The number of hydrogen-bond donors (Lipinski definition) is 2. The molecule has 2 aromatic carbocycles. The number of nitrogens with zero attached hydrogens (tertiary/aromatic N) is 1. The van der Waals surface area contributed by atoms with Gasteiger partial charge in [-0.1, -0.05) is 42.0 Å². The van der Waals surface area contributed by atoms with Crippen molar-refractivity contribution in [1.29, 1.82) is 0 Å². The van der Waals surface area contributed by atoms with E-state index in [-0.39, 0.29) is 11.8 Å². The minimum Gasteiger partial charge on any atom is -0.324 e. The van der Waals surface area contributed by atoms with E-state index in [0.717, 1.165) is 43.5 Å². The smallest absolute Gasteiger partial charge is 0.256 e. The highest BCUT2D eigenvalue weighted by atomic mass is 16.2. The lowest BCUT2D eigenvalue weighted by molar-refractivity contribution is -0.120. The molecule has 2 amide bonds. The van der Waals surface area contributed by atoms with Gasteiger partial charge in [-0.2, -0.15) is 0 Å². The average Bonchev–Trinajstić information content (AvgIpc) is 2.83. The van der Waals surface area contributed by atoms with Crippen LogP contribution in [-0.4, -0.2) is 35.8 Å². The number of fused-ring (bicyclic) bond motifs is 1. The van der Waals surface area contributed by atoms with E-state index in [2.05, 4.69) is 10.6 Å². The molecule has 2 heterocycles. The van der Waals surface area contributed by atoms with Crippen LogP contribution in [0.5, 0.6) is 0 Å². The summed E-state index contributed by atoms with van der Waals surface area (Å²) in [4.78, 5) is 28.5. The van der Waals surface area contributed by atoms with Crippen molar-refractivity contribution < 1.29 is 9.59 Å². The largest absolute Gasteiger partial charge is 0.324 e. The molecule has 29 heavy (non-hydrogen) atoms. The van der Waals surface area contributed by atoms with E-state index in [1.807, 2.05) is 55.5 Å². The molecule has 0 radical (unpaired) electrons. The number of aryl methyl sites for hydroxylation is 1. The van der Waals surface area contributed by atoms with E-state index in [1.54, 1.807) is 4.90 Å². The van der Waals surface area contributed by atoms with E-state index in [4.69, 9.17) is 0 Å². The van der Waals surface area contributed by atoms with Gasteiger partial charge >= 0.3 is 0 Å². The lowest BCUT2D eigenvalue weighted by Gasteiger charge is -2.31. The number of carbonyl (C=O) groups excluding carboxylic acids is 2. The molecule has 5 heteroatoms. The minimum atomic E-state index is -0.453. The Kier molecular flexibility index (Phi) is 5.95. The molecular formula is C24H29N3O2. The Morgan fingerprint density at radius 1 is 1.00 bits per heavy atom. The Morgan fingerprint density at radius 2 is 1.76 bits per heavy atom. The maximum atomic E-state index is 13.5. The quantitative estimate of drug-likeness (QED) is 0.816. The van der Waals surface area contributed by atoms with Crippen molar-refractivity contribution in [2.45, 2.75) is 45.2 Å². The molecule has 0 spiro atoms. The second-order valence-corrected chi connectivity index (χ2v) is 8.24. The van der Waals surface area contributed by atoms with Crippen LogP contribution in [0, 0.1) is 12.8 Å². The normalized spacial score (nSPS) is 20.2. The minimum absolute atomic E-state index is 0.0683. The molecule has 0 aromatic heterocycles. The summed E-state index contributed by atoms with van der Waals surface area (Å²) in [5.41, 5.74) is 3.25. The second kappa shape index (κ2) is 8.78. The molecule has 0 saturated carbocycles. The first-order valence-corrected chi connectivity index (χ1v) is 10.6. The summed E-state index contributed by atoms with van der Waals surface area (Å²) in [5.74, 6) is 0.470. The van der Waals surface area contributed by atoms with Crippen LogP contribution in [0.15, 0.2) is 48.5 Å². The molecule has 1 saturated heterocycles. The van der Waals surface area contributed by atoms with Gasteiger partial charge in [0.2, 0.25) is 5.91 Å². The molecular weight excluding hydrogens is 362 g/mol. The lowest BCUT2D eigenvalue weighted by Crippen LogP contribution is -2.45. The number of rotatable bonds is 5. The molecule has 4 rings (SSSR count). The third kappa shape index (κ3) is 4.51. The molecule has 2 aromatic rings. The van der Waals surface area contributed by atoms with Gasteiger partial charge in [0.05, 0.1) is 11.3 Å².